The van der Waals surface area contributed by atoms with E-state index in [0.29, 0.717) is 0 Å². The molecule has 1 amide bonds. The quantitative estimate of drug-likeness (QED) is 0.834. The molecular formula is C15H13F3N2O3S. The minimum absolute atomic E-state index is 0.0329. The Bertz CT molecular complexity index is 700. The number of halogens is 3. The van der Waals surface area contributed by atoms with Gasteiger partial charge in [0.2, 0.25) is 0 Å². The third-order valence-corrected chi connectivity index (χ3v) is 4.09. The zero-order valence-electron chi connectivity index (χ0n) is 12.5. The van der Waals surface area contributed by atoms with E-state index in [0.717, 1.165) is 23.2 Å². The molecule has 0 aliphatic heterocycles. The zero-order valence-corrected chi connectivity index (χ0v) is 13.3. The summed E-state index contributed by atoms with van der Waals surface area (Å²) >= 11 is 1.34. The Hall–Kier alpha value is -2.42. The maximum absolute atomic E-state index is 12.5. The molecule has 24 heavy (non-hydrogen) atoms. The van der Waals surface area contributed by atoms with E-state index in [1.54, 1.807) is 17.5 Å². The number of esters is 1. The molecule has 0 aromatic carbocycles. The van der Waals surface area contributed by atoms with Crippen molar-refractivity contribution in [1.29, 1.82) is 0 Å². The number of pyridine rings is 1. The molecule has 0 saturated heterocycles. The number of hydrogen-bond donors (Lipinski definition) is 1. The van der Waals surface area contributed by atoms with Crippen molar-refractivity contribution in [3.8, 4) is 0 Å². The summed E-state index contributed by atoms with van der Waals surface area (Å²) in [6, 6.07) is 4.64. The second kappa shape index (κ2) is 7.43. The van der Waals surface area contributed by atoms with Crippen LogP contribution in [0.25, 0.3) is 0 Å². The van der Waals surface area contributed by atoms with Gasteiger partial charge in [0.05, 0.1) is 25.1 Å². The highest BCUT2D eigenvalue weighted by Gasteiger charge is 2.32. The molecule has 0 aliphatic rings. The number of ether oxygens (including phenoxy) is 1. The first-order valence-corrected chi connectivity index (χ1v) is 7.63. The molecule has 0 aliphatic carbocycles. The van der Waals surface area contributed by atoms with Crippen LogP contribution in [0.2, 0.25) is 0 Å². The molecule has 0 saturated carbocycles. The van der Waals surface area contributed by atoms with Gasteiger partial charge in [0.1, 0.15) is 5.69 Å². The number of amides is 1. The van der Waals surface area contributed by atoms with E-state index in [-0.39, 0.29) is 12.0 Å². The van der Waals surface area contributed by atoms with E-state index < -0.39 is 29.8 Å². The fraction of sp³-hybridized carbons (Fsp3) is 0.267. The van der Waals surface area contributed by atoms with Crippen molar-refractivity contribution in [2.75, 3.05) is 7.11 Å². The van der Waals surface area contributed by atoms with Crippen LogP contribution < -0.4 is 5.32 Å². The Labute approximate surface area is 139 Å². The minimum atomic E-state index is -4.57. The lowest BCUT2D eigenvalue weighted by Crippen LogP contribution is -2.30. The van der Waals surface area contributed by atoms with Crippen LogP contribution >= 0.6 is 11.3 Å². The highest BCUT2D eigenvalue weighted by molar-refractivity contribution is 7.10. The number of nitrogens with one attached hydrogen (secondary N) is 1. The normalized spacial score (nSPS) is 12.5. The third-order valence-electron chi connectivity index (χ3n) is 3.11. The van der Waals surface area contributed by atoms with Crippen LogP contribution in [0.1, 0.15) is 33.4 Å². The molecule has 2 rings (SSSR count). The summed E-state index contributed by atoms with van der Waals surface area (Å²) in [5.74, 6) is -1.14. The Balaban J connectivity index is 2.14. The Morgan fingerprint density at radius 2 is 2.08 bits per heavy atom. The van der Waals surface area contributed by atoms with Crippen molar-refractivity contribution in [3.63, 3.8) is 0 Å². The SMILES string of the molecule is COC(=O)CC(NC(=O)c1ccc(C(F)(F)F)nc1)c1cccs1. The smallest absolute Gasteiger partial charge is 0.433 e. The fourth-order valence-electron chi connectivity index (χ4n) is 1.90. The topological polar surface area (TPSA) is 68.3 Å². The Morgan fingerprint density at radius 3 is 2.58 bits per heavy atom. The Morgan fingerprint density at radius 1 is 1.33 bits per heavy atom. The molecule has 0 bridgehead atoms. The van der Waals surface area contributed by atoms with E-state index in [1.807, 2.05) is 0 Å². The van der Waals surface area contributed by atoms with Crippen LogP contribution in [0, 0.1) is 0 Å². The molecule has 1 N–H and O–H groups in total. The van der Waals surface area contributed by atoms with Crippen LogP contribution in [-0.4, -0.2) is 24.0 Å². The van der Waals surface area contributed by atoms with Gasteiger partial charge in [0, 0.05) is 11.1 Å². The van der Waals surface area contributed by atoms with E-state index >= 15 is 0 Å². The van der Waals surface area contributed by atoms with Crippen molar-refractivity contribution in [3.05, 3.63) is 52.0 Å². The molecule has 9 heteroatoms. The molecule has 1 atom stereocenters. The predicted molar refractivity (Wildman–Crippen MR) is 80.4 cm³/mol. The van der Waals surface area contributed by atoms with Gasteiger partial charge in [0.15, 0.2) is 0 Å². The summed E-state index contributed by atoms with van der Waals surface area (Å²) in [6.45, 7) is 0. The first kappa shape index (κ1) is 17.9. The van der Waals surface area contributed by atoms with Crippen molar-refractivity contribution in [2.45, 2.75) is 18.6 Å². The van der Waals surface area contributed by atoms with Gasteiger partial charge < -0.3 is 10.1 Å². The number of thiophene rings is 1. The second-order valence-corrected chi connectivity index (χ2v) is 5.73. The van der Waals surface area contributed by atoms with Gasteiger partial charge in [-0.25, -0.2) is 0 Å². The standard InChI is InChI=1S/C15H13F3N2O3S/c1-23-13(21)7-10(11-3-2-6-24-11)20-14(22)9-4-5-12(19-8-9)15(16,17)18/h2-6,8,10H,7H2,1H3,(H,20,22). The number of rotatable bonds is 5. The number of aromatic nitrogens is 1. The average molecular weight is 358 g/mol. The summed E-state index contributed by atoms with van der Waals surface area (Å²) in [4.78, 5) is 27.7. The summed E-state index contributed by atoms with van der Waals surface area (Å²) in [5.41, 5.74) is -1.11. The fourth-order valence-corrected chi connectivity index (χ4v) is 2.68. The molecule has 0 spiro atoms. The highest BCUT2D eigenvalue weighted by Crippen LogP contribution is 2.27. The minimum Gasteiger partial charge on any atom is -0.469 e. The van der Waals surface area contributed by atoms with Crippen molar-refractivity contribution < 1.29 is 27.5 Å². The largest absolute Gasteiger partial charge is 0.469 e. The number of carbonyl (C=O) groups excluding carboxylic acids is 2. The number of hydrogen-bond acceptors (Lipinski definition) is 5. The zero-order chi connectivity index (χ0) is 17.7. The molecule has 2 heterocycles. The number of alkyl halides is 3. The summed E-state index contributed by atoms with van der Waals surface area (Å²) in [7, 11) is 1.23. The molecule has 0 fully saturated rings. The maximum atomic E-state index is 12.5. The average Bonchev–Trinajstić information content (AvgIpc) is 3.07. The second-order valence-electron chi connectivity index (χ2n) is 4.75. The molecule has 1 unspecified atom stereocenters. The van der Waals surface area contributed by atoms with Gasteiger partial charge in [0.25, 0.3) is 5.91 Å². The number of methoxy groups -OCH3 is 1. The molecular weight excluding hydrogens is 345 g/mol. The third kappa shape index (κ3) is 4.54. The van der Waals surface area contributed by atoms with Crippen LogP contribution in [0.5, 0.6) is 0 Å². The van der Waals surface area contributed by atoms with E-state index in [2.05, 4.69) is 15.0 Å². The molecule has 2 aromatic rings. The van der Waals surface area contributed by atoms with Gasteiger partial charge in [-0.3, -0.25) is 14.6 Å². The van der Waals surface area contributed by atoms with Gasteiger partial charge in [-0.2, -0.15) is 13.2 Å². The molecule has 0 radical (unpaired) electrons. The van der Waals surface area contributed by atoms with Gasteiger partial charge >= 0.3 is 12.1 Å². The first-order valence-electron chi connectivity index (χ1n) is 6.75. The lowest BCUT2D eigenvalue weighted by molar-refractivity contribution is -0.142. The van der Waals surface area contributed by atoms with Crippen LogP contribution in [-0.2, 0) is 15.7 Å². The molecule has 2 aromatic heterocycles. The summed E-state index contributed by atoms with van der Waals surface area (Å²) < 4.78 is 42.1. The van der Waals surface area contributed by atoms with Crippen LogP contribution in [0.3, 0.4) is 0 Å². The molecule has 128 valence electrons. The van der Waals surface area contributed by atoms with Crippen LogP contribution in [0.4, 0.5) is 13.2 Å². The maximum Gasteiger partial charge on any atom is 0.433 e. The van der Waals surface area contributed by atoms with Crippen molar-refractivity contribution in [2.24, 2.45) is 0 Å². The molecule has 5 nitrogen and oxygen atoms in total. The highest BCUT2D eigenvalue weighted by atomic mass is 32.1. The van der Waals surface area contributed by atoms with E-state index in [9.17, 15) is 22.8 Å². The first-order chi connectivity index (χ1) is 11.3. The summed E-state index contributed by atoms with van der Waals surface area (Å²) in [6.07, 6.45) is -3.81. The predicted octanol–water partition coefficient (Wildman–Crippen LogP) is 3.20. The number of carbonyl (C=O) groups is 2. The van der Waals surface area contributed by atoms with Crippen LogP contribution in [0.15, 0.2) is 35.8 Å². The lowest BCUT2D eigenvalue weighted by atomic mass is 10.1. The number of nitrogens with zero attached hydrogens (tertiary/aromatic N) is 1. The summed E-state index contributed by atoms with van der Waals surface area (Å²) in [5, 5.41) is 4.39. The van der Waals surface area contributed by atoms with Crippen molar-refractivity contribution >= 4 is 23.2 Å². The van der Waals surface area contributed by atoms with E-state index in [1.165, 1.54) is 18.4 Å². The van der Waals surface area contributed by atoms with Gasteiger partial charge in [-0.05, 0) is 23.6 Å². The van der Waals surface area contributed by atoms with E-state index in [4.69, 9.17) is 0 Å². The monoisotopic (exact) mass is 358 g/mol. The van der Waals surface area contributed by atoms with Gasteiger partial charge in [-0.15, -0.1) is 11.3 Å². The Kier molecular flexibility index (Phi) is 5.55. The van der Waals surface area contributed by atoms with Crippen molar-refractivity contribution in [1.82, 2.24) is 10.3 Å². The lowest BCUT2D eigenvalue weighted by Gasteiger charge is -2.16. The van der Waals surface area contributed by atoms with Gasteiger partial charge in [-0.1, -0.05) is 6.07 Å².